The van der Waals surface area contributed by atoms with Gasteiger partial charge in [-0.05, 0) is 31.0 Å². The number of benzene rings is 1. The molecule has 17 heavy (non-hydrogen) atoms. The number of carbonyl (C=O) groups is 1. The molecule has 2 rings (SSSR count). The first kappa shape index (κ1) is 11.7. The quantitative estimate of drug-likeness (QED) is 0.678. The molecule has 0 bridgehead atoms. The summed E-state index contributed by atoms with van der Waals surface area (Å²) in [6, 6.07) is 5.01. The van der Waals surface area contributed by atoms with Crippen LogP contribution in [0.3, 0.4) is 0 Å². The molecule has 0 aromatic heterocycles. The minimum absolute atomic E-state index is 0.255. The number of nitrogens with one attached hydrogen (secondary N) is 1. The smallest absolute Gasteiger partial charge is 0.248 e. The Morgan fingerprint density at radius 3 is 2.94 bits per heavy atom. The topological polar surface area (TPSA) is 90.4 Å². The summed E-state index contributed by atoms with van der Waals surface area (Å²) in [5, 5.41) is 3.22. The first-order chi connectivity index (χ1) is 8.16. The molecule has 1 aliphatic heterocycles. The standard InChI is InChI=1S/C12H17N3O2/c13-10-6-8(12(14)16)3-4-11(10)15-7-9-2-1-5-17-9/h3-4,6,9,15H,1-2,5,7,13H2,(H2,14,16). The zero-order chi connectivity index (χ0) is 12.3. The minimum atomic E-state index is -0.470. The summed E-state index contributed by atoms with van der Waals surface area (Å²) in [5.74, 6) is -0.470. The fourth-order valence-electron chi connectivity index (χ4n) is 1.91. The van der Waals surface area contributed by atoms with Gasteiger partial charge in [0, 0.05) is 18.7 Å². The Labute approximate surface area is 100 Å². The van der Waals surface area contributed by atoms with E-state index in [2.05, 4.69) is 5.32 Å². The second kappa shape index (κ2) is 5.05. The van der Waals surface area contributed by atoms with Crippen molar-refractivity contribution in [1.82, 2.24) is 0 Å². The molecule has 5 N–H and O–H groups in total. The van der Waals surface area contributed by atoms with Crippen LogP contribution in [-0.2, 0) is 4.74 Å². The van der Waals surface area contributed by atoms with E-state index < -0.39 is 5.91 Å². The van der Waals surface area contributed by atoms with Crippen LogP contribution in [0.2, 0.25) is 0 Å². The van der Waals surface area contributed by atoms with Crippen molar-refractivity contribution in [3.63, 3.8) is 0 Å². The Morgan fingerprint density at radius 2 is 2.35 bits per heavy atom. The molecule has 5 heteroatoms. The first-order valence-electron chi connectivity index (χ1n) is 5.71. The maximum absolute atomic E-state index is 11.0. The van der Waals surface area contributed by atoms with Crippen molar-refractivity contribution in [2.75, 3.05) is 24.2 Å². The summed E-state index contributed by atoms with van der Waals surface area (Å²) in [5.41, 5.74) is 12.8. The highest BCUT2D eigenvalue weighted by atomic mass is 16.5. The van der Waals surface area contributed by atoms with Gasteiger partial charge in [-0.2, -0.15) is 0 Å². The fourth-order valence-corrected chi connectivity index (χ4v) is 1.91. The molecular formula is C12H17N3O2. The molecule has 1 amide bonds. The predicted octanol–water partition coefficient (Wildman–Crippen LogP) is 0.959. The molecule has 1 fully saturated rings. The third-order valence-electron chi connectivity index (χ3n) is 2.88. The summed E-state index contributed by atoms with van der Waals surface area (Å²) >= 11 is 0. The van der Waals surface area contributed by atoms with Gasteiger partial charge >= 0.3 is 0 Å². The average Bonchev–Trinajstić information content (AvgIpc) is 2.80. The van der Waals surface area contributed by atoms with E-state index in [4.69, 9.17) is 16.2 Å². The monoisotopic (exact) mass is 235 g/mol. The summed E-state index contributed by atoms with van der Waals surface area (Å²) in [6.45, 7) is 1.57. The highest BCUT2D eigenvalue weighted by Crippen LogP contribution is 2.21. The molecule has 0 saturated carbocycles. The van der Waals surface area contributed by atoms with Gasteiger partial charge in [0.25, 0.3) is 0 Å². The lowest BCUT2D eigenvalue weighted by molar-refractivity contribution is 0.100. The van der Waals surface area contributed by atoms with Crippen molar-refractivity contribution in [1.29, 1.82) is 0 Å². The maximum atomic E-state index is 11.0. The van der Waals surface area contributed by atoms with E-state index in [0.717, 1.165) is 31.7 Å². The Hall–Kier alpha value is -1.75. The summed E-state index contributed by atoms with van der Waals surface area (Å²) in [7, 11) is 0. The molecule has 1 atom stereocenters. The van der Waals surface area contributed by atoms with Gasteiger partial charge in [0.2, 0.25) is 5.91 Å². The van der Waals surface area contributed by atoms with Crippen LogP contribution in [0.5, 0.6) is 0 Å². The third-order valence-corrected chi connectivity index (χ3v) is 2.88. The predicted molar refractivity (Wildman–Crippen MR) is 66.8 cm³/mol. The highest BCUT2D eigenvalue weighted by Gasteiger charge is 2.15. The largest absolute Gasteiger partial charge is 0.397 e. The zero-order valence-corrected chi connectivity index (χ0v) is 9.61. The number of carbonyl (C=O) groups excluding carboxylic acids is 1. The maximum Gasteiger partial charge on any atom is 0.248 e. The molecule has 1 unspecified atom stereocenters. The molecule has 1 heterocycles. The van der Waals surface area contributed by atoms with Crippen molar-refractivity contribution in [3.8, 4) is 0 Å². The number of primary amides is 1. The summed E-state index contributed by atoms with van der Waals surface area (Å²) in [6.07, 6.45) is 2.44. The van der Waals surface area contributed by atoms with E-state index in [1.54, 1.807) is 18.2 Å². The van der Waals surface area contributed by atoms with Crippen molar-refractivity contribution in [3.05, 3.63) is 23.8 Å². The van der Waals surface area contributed by atoms with E-state index in [-0.39, 0.29) is 6.10 Å². The van der Waals surface area contributed by atoms with Crippen LogP contribution < -0.4 is 16.8 Å². The number of hydrogen-bond acceptors (Lipinski definition) is 4. The normalized spacial score (nSPS) is 19.2. The molecular weight excluding hydrogens is 218 g/mol. The SMILES string of the molecule is NC(=O)c1ccc(NCC2CCCO2)c(N)c1. The van der Waals surface area contributed by atoms with Crippen LogP contribution in [0.4, 0.5) is 11.4 Å². The van der Waals surface area contributed by atoms with Crippen molar-refractivity contribution >= 4 is 17.3 Å². The lowest BCUT2D eigenvalue weighted by Gasteiger charge is -2.13. The third kappa shape index (κ3) is 2.88. The lowest BCUT2D eigenvalue weighted by atomic mass is 10.1. The Morgan fingerprint density at radius 1 is 1.53 bits per heavy atom. The van der Waals surface area contributed by atoms with Gasteiger partial charge in [-0.1, -0.05) is 0 Å². The molecule has 1 saturated heterocycles. The van der Waals surface area contributed by atoms with Gasteiger partial charge in [-0.3, -0.25) is 4.79 Å². The average molecular weight is 235 g/mol. The number of amides is 1. The van der Waals surface area contributed by atoms with E-state index in [1.165, 1.54) is 0 Å². The van der Waals surface area contributed by atoms with Crippen LogP contribution in [-0.4, -0.2) is 25.2 Å². The lowest BCUT2D eigenvalue weighted by Crippen LogP contribution is -2.19. The van der Waals surface area contributed by atoms with E-state index in [9.17, 15) is 4.79 Å². The van der Waals surface area contributed by atoms with Crippen LogP contribution in [0.25, 0.3) is 0 Å². The van der Waals surface area contributed by atoms with Crippen LogP contribution in [0.1, 0.15) is 23.2 Å². The number of nitrogens with two attached hydrogens (primary N) is 2. The van der Waals surface area contributed by atoms with Gasteiger partial charge in [-0.25, -0.2) is 0 Å². The van der Waals surface area contributed by atoms with Gasteiger partial charge in [0.1, 0.15) is 0 Å². The summed E-state index contributed by atoms with van der Waals surface area (Å²) < 4.78 is 5.50. The van der Waals surface area contributed by atoms with E-state index >= 15 is 0 Å². The van der Waals surface area contributed by atoms with Crippen LogP contribution >= 0.6 is 0 Å². The van der Waals surface area contributed by atoms with E-state index in [0.29, 0.717) is 11.3 Å². The highest BCUT2D eigenvalue weighted by molar-refractivity contribution is 5.94. The number of rotatable bonds is 4. The molecule has 5 nitrogen and oxygen atoms in total. The molecule has 92 valence electrons. The van der Waals surface area contributed by atoms with Crippen molar-refractivity contribution in [2.45, 2.75) is 18.9 Å². The molecule has 0 aliphatic carbocycles. The van der Waals surface area contributed by atoms with Gasteiger partial charge in [0.15, 0.2) is 0 Å². The molecule has 1 aromatic rings. The number of anilines is 2. The fraction of sp³-hybridized carbons (Fsp3) is 0.417. The van der Waals surface area contributed by atoms with Crippen LogP contribution in [0, 0.1) is 0 Å². The zero-order valence-electron chi connectivity index (χ0n) is 9.61. The van der Waals surface area contributed by atoms with Crippen LogP contribution in [0.15, 0.2) is 18.2 Å². The molecule has 1 aliphatic rings. The number of hydrogen-bond donors (Lipinski definition) is 3. The van der Waals surface area contributed by atoms with E-state index in [1.807, 2.05) is 0 Å². The van der Waals surface area contributed by atoms with Gasteiger partial charge < -0.3 is 21.5 Å². The molecule has 1 aromatic carbocycles. The van der Waals surface area contributed by atoms with Crippen molar-refractivity contribution < 1.29 is 9.53 Å². The Balaban J connectivity index is 1.98. The van der Waals surface area contributed by atoms with Gasteiger partial charge in [0.05, 0.1) is 17.5 Å². The molecule has 0 radical (unpaired) electrons. The second-order valence-electron chi connectivity index (χ2n) is 4.18. The van der Waals surface area contributed by atoms with Gasteiger partial charge in [-0.15, -0.1) is 0 Å². The van der Waals surface area contributed by atoms with Crippen molar-refractivity contribution in [2.24, 2.45) is 5.73 Å². The number of nitrogen functional groups attached to an aromatic ring is 1. The molecule has 0 spiro atoms. The minimum Gasteiger partial charge on any atom is -0.397 e. The Kier molecular flexibility index (Phi) is 3.49. The number of ether oxygens (including phenoxy) is 1. The second-order valence-corrected chi connectivity index (χ2v) is 4.18. The Bertz CT molecular complexity index is 414. The summed E-state index contributed by atoms with van der Waals surface area (Å²) in [4.78, 5) is 11.0. The first-order valence-corrected chi connectivity index (χ1v) is 5.71.